The standard InChI is InChI=1S/C12H19N3O2/c1-4-9(13)12(2,7-11(16)17-3)10-8-14-5-6-15-10/h5-6,8-9H,4,7,13H2,1-3H3. The lowest BCUT2D eigenvalue weighted by Gasteiger charge is -2.33. The van der Waals surface area contributed by atoms with E-state index in [1.54, 1.807) is 18.6 Å². The molecule has 0 amide bonds. The van der Waals surface area contributed by atoms with Gasteiger partial charge in [0.25, 0.3) is 0 Å². The zero-order valence-corrected chi connectivity index (χ0v) is 10.5. The first-order chi connectivity index (χ1) is 8.04. The number of rotatable bonds is 5. The van der Waals surface area contributed by atoms with Crippen molar-refractivity contribution in [3.05, 3.63) is 24.3 Å². The van der Waals surface area contributed by atoms with Crippen molar-refractivity contribution in [3.63, 3.8) is 0 Å². The minimum atomic E-state index is -0.546. The van der Waals surface area contributed by atoms with Crippen molar-refractivity contribution in [2.75, 3.05) is 7.11 Å². The molecule has 17 heavy (non-hydrogen) atoms. The van der Waals surface area contributed by atoms with E-state index in [2.05, 4.69) is 9.97 Å². The Labute approximate surface area is 101 Å². The lowest BCUT2D eigenvalue weighted by molar-refractivity contribution is -0.142. The molecule has 1 aromatic rings. The van der Waals surface area contributed by atoms with Gasteiger partial charge in [-0.2, -0.15) is 0 Å². The monoisotopic (exact) mass is 237 g/mol. The number of esters is 1. The van der Waals surface area contributed by atoms with Crippen LogP contribution >= 0.6 is 0 Å². The molecule has 0 saturated heterocycles. The van der Waals surface area contributed by atoms with Gasteiger partial charge in [-0.15, -0.1) is 0 Å². The molecule has 2 N–H and O–H groups in total. The summed E-state index contributed by atoms with van der Waals surface area (Å²) in [5.74, 6) is -0.290. The predicted octanol–water partition coefficient (Wildman–Crippen LogP) is 1.03. The van der Waals surface area contributed by atoms with Crippen LogP contribution in [0.15, 0.2) is 18.6 Å². The maximum atomic E-state index is 11.5. The Hall–Kier alpha value is -1.49. The minimum absolute atomic E-state index is 0.168. The molecule has 0 aliphatic carbocycles. The summed E-state index contributed by atoms with van der Waals surface area (Å²) in [4.78, 5) is 19.8. The van der Waals surface area contributed by atoms with Crippen molar-refractivity contribution in [2.24, 2.45) is 5.73 Å². The Bertz CT molecular complexity index is 369. The molecule has 0 aromatic carbocycles. The Morgan fingerprint density at radius 2 is 2.29 bits per heavy atom. The van der Waals surface area contributed by atoms with Gasteiger partial charge in [-0.05, 0) is 6.42 Å². The summed E-state index contributed by atoms with van der Waals surface area (Å²) < 4.78 is 4.72. The van der Waals surface area contributed by atoms with Crippen LogP contribution < -0.4 is 5.73 Å². The van der Waals surface area contributed by atoms with Crippen LogP contribution in [0.2, 0.25) is 0 Å². The fourth-order valence-corrected chi connectivity index (χ4v) is 1.83. The molecule has 0 aliphatic rings. The zero-order chi connectivity index (χ0) is 12.9. The van der Waals surface area contributed by atoms with Gasteiger partial charge in [0.15, 0.2) is 0 Å². The maximum absolute atomic E-state index is 11.5. The molecule has 0 bridgehead atoms. The maximum Gasteiger partial charge on any atom is 0.306 e. The molecular weight excluding hydrogens is 218 g/mol. The Morgan fingerprint density at radius 3 is 2.76 bits per heavy atom. The summed E-state index contributed by atoms with van der Waals surface area (Å²) in [5.41, 5.74) is 6.29. The first kappa shape index (κ1) is 13.6. The molecule has 2 unspecified atom stereocenters. The SMILES string of the molecule is CCC(N)C(C)(CC(=O)OC)c1cnccn1. The van der Waals surface area contributed by atoms with Gasteiger partial charge < -0.3 is 10.5 Å². The summed E-state index contributed by atoms with van der Waals surface area (Å²) in [6, 6.07) is -0.168. The molecule has 0 spiro atoms. The smallest absolute Gasteiger partial charge is 0.306 e. The highest BCUT2D eigenvalue weighted by atomic mass is 16.5. The third-order valence-electron chi connectivity index (χ3n) is 3.15. The third kappa shape index (κ3) is 3.00. The molecule has 0 saturated carbocycles. The number of aromatic nitrogens is 2. The molecular formula is C12H19N3O2. The van der Waals surface area contributed by atoms with E-state index in [0.29, 0.717) is 0 Å². The molecule has 1 aromatic heterocycles. The number of methoxy groups -OCH3 is 1. The van der Waals surface area contributed by atoms with Crippen LogP contribution in [0.4, 0.5) is 0 Å². The Morgan fingerprint density at radius 1 is 1.59 bits per heavy atom. The number of hydrogen-bond acceptors (Lipinski definition) is 5. The summed E-state index contributed by atoms with van der Waals surface area (Å²) in [6.07, 6.45) is 5.81. The fraction of sp³-hybridized carbons (Fsp3) is 0.583. The second-order valence-corrected chi connectivity index (χ2v) is 4.28. The van der Waals surface area contributed by atoms with E-state index >= 15 is 0 Å². The summed E-state index contributed by atoms with van der Waals surface area (Å²) in [5, 5.41) is 0. The quantitative estimate of drug-likeness (QED) is 0.774. The first-order valence-corrected chi connectivity index (χ1v) is 5.63. The van der Waals surface area contributed by atoms with Crippen LogP contribution in [-0.2, 0) is 14.9 Å². The largest absolute Gasteiger partial charge is 0.469 e. The molecule has 5 heteroatoms. The van der Waals surface area contributed by atoms with Gasteiger partial charge in [0.05, 0.1) is 19.2 Å². The van der Waals surface area contributed by atoms with Crippen LogP contribution in [0.25, 0.3) is 0 Å². The van der Waals surface area contributed by atoms with E-state index in [1.165, 1.54) is 7.11 Å². The van der Waals surface area contributed by atoms with Gasteiger partial charge in [0.1, 0.15) is 0 Å². The zero-order valence-electron chi connectivity index (χ0n) is 10.5. The molecule has 2 atom stereocenters. The second-order valence-electron chi connectivity index (χ2n) is 4.28. The van der Waals surface area contributed by atoms with Gasteiger partial charge >= 0.3 is 5.97 Å². The predicted molar refractivity (Wildman–Crippen MR) is 64.3 cm³/mol. The molecule has 1 heterocycles. The van der Waals surface area contributed by atoms with Gasteiger partial charge in [0, 0.05) is 30.0 Å². The van der Waals surface area contributed by atoms with Crippen molar-refractivity contribution < 1.29 is 9.53 Å². The van der Waals surface area contributed by atoms with Gasteiger partial charge in [-0.1, -0.05) is 13.8 Å². The van der Waals surface area contributed by atoms with E-state index in [-0.39, 0.29) is 18.4 Å². The lowest BCUT2D eigenvalue weighted by Crippen LogP contribution is -2.45. The van der Waals surface area contributed by atoms with Crippen molar-refractivity contribution >= 4 is 5.97 Å². The van der Waals surface area contributed by atoms with Crippen molar-refractivity contribution in [1.82, 2.24) is 9.97 Å². The average Bonchev–Trinajstić information content (AvgIpc) is 2.38. The van der Waals surface area contributed by atoms with Crippen molar-refractivity contribution in [1.29, 1.82) is 0 Å². The number of carbonyl (C=O) groups excluding carboxylic acids is 1. The molecule has 0 aliphatic heterocycles. The summed E-state index contributed by atoms with van der Waals surface area (Å²) in [7, 11) is 1.37. The highest BCUT2D eigenvalue weighted by Gasteiger charge is 2.37. The fourth-order valence-electron chi connectivity index (χ4n) is 1.83. The normalized spacial score (nSPS) is 16.0. The molecule has 1 rings (SSSR count). The van der Waals surface area contributed by atoms with E-state index < -0.39 is 5.41 Å². The Kier molecular flexibility index (Phi) is 4.57. The average molecular weight is 237 g/mol. The van der Waals surface area contributed by atoms with Crippen molar-refractivity contribution in [3.8, 4) is 0 Å². The summed E-state index contributed by atoms with van der Waals surface area (Å²) >= 11 is 0. The lowest BCUT2D eigenvalue weighted by atomic mass is 9.75. The van der Waals surface area contributed by atoms with E-state index in [4.69, 9.17) is 10.5 Å². The third-order valence-corrected chi connectivity index (χ3v) is 3.15. The molecule has 94 valence electrons. The van der Waals surface area contributed by atoms with Crippen molar-refractivity contribution in [2.45, 2.75) is 38.1 Å². The number of nitrogens with two attached hydrogens (primary N) is 1. The van der Waals surface area contributed by atoms with Gasteiger partial charge in [-0.25, -0.2) is 0 Å². The number of nitrogens with zero attached hydrogens (tertiary/aromatic N) is 2. The van der Waals surface area contributed by atoms with E-state index in [1.807, 2.05) is 13.8 Å². The van der Waals surface area contributed by atoms with Crippen LogP contribution in [0.5, 0.6) is 0 Å². The topological polar surface area (TPSA) is 78.1 Å². The highest BCUT2D eigenvalue weighted by molar-refractivity contribution is 5.71. The Balaban J connectivity index is 3.06. The second kappa shape index (κ2) is 5.72. The van der Waals surface area contributed by atoms with Crippen LogP contribution in [0.1, 0.15) is 32.4 Å². The van der Waals surface area contributed by atoms with Crippen LogP contribution in [0.3, 0.4) is 0 Å². The molecule has 0 radical (unpaired) electrons. The van der Waals surface area contributed by atoms with E-state index in [0.717, 1.165) is 12.1 Å². The number of ether oxygens (including phenoxy) is 1. The van der Waals surface area contributed by atoms with Gasteiger partial charge in [0.2, 0.25) is 0 Å². The highest BCUT2D eigenvalue weighted by Crippen LogP contribution is 2.30. The van der Waals surface area contributed by atoms with Crippen LogP contribution in [-0.4, -0.2) is 29.1 Å². The molecule has 0 fully saturated rings. The number of carbonyl (C=O) groups is 1. The van der Waals surface area contributed by atoms with E-state index in [9.17, 15) is 4.79 Å². The minimum Gasteiger partial charge on any atom is -0.469 e. The van der Waals surface area contributed by atoms with Gasteiger partial charge in [-0.3, -0.25) is 14.8 Å². The first-order valence-electron chi connectivity index (χ1n) is 5.63. The van der Waals surface area contributed by atoms with Crippen LogP contribution in [0, 0.1) is 0 Å². The molecule has 5 nitrogen and oxygen atoms in total. The summed E-state index contributed by atoms with van der Waals surface area (Å²) in [6.45, 7) is 3.90. The number of hydrogen-bond donors (Lipinski definition) is 1.